The van der Waals surface area contributed by atoms with Crippen molar-refractivity contribution in [3.05, 3.63) is 0 Å². The van der Waals surface area contributed by atoms with Crippen molar-refractivity contribution in [2.24, 2.45) is 11.7 Å². The van der Waals surface area contributed by atoms with Crippen LogP contribution in [0.2, 0.25) is 0 Å². The lowest BCUT2D eigenvalue weighted by Gasteiger charge is -2.38. The molecule has 0 aromatic carbocycles. The largest absolute Gasteiger partial charge is 0.338 e. The average molecular weight is 321 g/mol. The quantitative estimate of drug-likeness (QED) is 0.840. The van der Waals surface area contributed by atoms with Crippen LogP contribution >= 0.6 is 12.4 Å². The highest BCUT2D eigenvalue weighted by molar-refractivity contribution is 5.85. The van der Waals surface area contributed by atoms with Crippen LogP contribution in [-0.2, 0) is 4.79 Å². The Labute approximate surface area is 134 Å². The predicted molar refractivity (Wildman–Crippen MR) is 86.5 cm³/mol. The second-order valence-corrected chi connectivity index (χ2v) is 5.54. The fourth-order valence-corrected chi connectivity index (χ4v) is 2.31. The van der Waals surface area contributed by atoms with Gasteiger partial charge in [-0.15, -0.1) is 12.4 Å². The first-order valence-corrected chi connectivity index (χ1v) is 7.50. The van der Waals surface area contributed by atoms with Crippen molar-refractivity contribution < 1.29 is 9.59 Å². The van der Waals surface area contributed by atoms with Gasteiger partial charge in [0.05, 0.1) is 6.04 Å². The Morgan fingerprint density at radius 1 is 1.05 bits per heavy atom. The van der Waals surface area contributed by atoms with E-state index in [4.69, 9.17) is 5.73 Å². The number of amides is 3. The molecule has 2 N–H and O–H groups in total. The van der Waals surface area contributed by atoms with Crippen LogP contribution in [0.4, 0.5) is 4.79 Å². The Hall–Kier alpha value is -1.01. The third-order valence-electron chi connectivity index (χ3n) is 3.90. The molecule has 1 rings (SSSR count). The number of halogens is 1. The van der Waals surface area contributed by atoms with Crippen molar-refractivity contribution in [3.8, 4) is 0 Å². The molecule has 1 atom stereocenters. The first kappa shape index (κ1) is 20.0. The third-order valence-corrected chi connectivity index (χ3v) is 3.90. The highest BCUT2D eigenvalue weighted by atomic mass is 35.5. The molecule has 1 heterocycles. The topological polar surface area (TPSA) is 69.9 Å². The Balaban J connectivity index is 0.00000400. The molecular formula is C14H29ClN4O2. The summed E-state index contributed by atoms with van der Waals surface area (Å²) >= 11 is 0. The maximum absolute atomic E-state index is 12.2. The SMILES string of the molecule is CCN(CC)C(=O)N1CCN(C(=O)C(N)C(C)C)CC1.Cl. The van der Waals surface area contributed by atoms with Gasteiger partial charge in [0.1, 0.15) is 0 Å². The fraction of sp³-hybridized carbons (Fsp3) is 0.857. The molecule has 1 aliphatic heterocycles. The summed E-state index contributed by atoms with van der Waals surface area (Å²) < 4.78 is 0. The van der Waals surface area contributed by atoms with E-state index in [1.165, 1.54) is 0 Å². The van der Waals surface area contributed by atoms with Crippen LogP contribution in [0.5, 0.6) is 0 Å². The summed E-state index contributed by atoms with van der Waals surface area (Å²) in [4.78, 5) is 29.7. The first-order chi connectivity index (χ1) is 9.42. The number of hydrogen-bond donors (Lipinski definition) is 1. The van der Waals surface area contributed by atoms with Crippen LogP contribution in [-0.4, -0.2) is 71.9 Å². The standard InChI is InChI=1S/C14H28N4O2.ClH/c1-5-16(6-2)14(20)18-9-7-17(8-10-18)13(19)12(15)11(3)4;/h11-12H,5-10,15H2,1-4H3;1H. The number of nitrogens with zero attached hydrogens (tertiary/aromatic N) is 3. The van der Waals surface area contributed by atoms with Crippen LogP contribution in [0, 0.1) is 5.92 Å². The molecule has 1 saturated heterocycles. The van der Waals surface area contributed by atoms with Crippen LogP contribution in [0.25, 0.3) is 0 Å². The number of hydrogen-bond acceptors (Lipinski definition) is 3. The van der Waals surface area contributed by atoms with Gasteiger partial charge in [-0.3, -0.25) is 4.79 Å². The molecule has 0 radical (unpaired) electrons. The van der Waals surface area contributed by atoms with E-state index in [1.54, 1.807) is 9.80 Å². The van der Waals surface area contributed by atoms with Crippen molar-refractivity contribution >= 4 is 24.3 Å². The molecular weight excluding hydrogens is 292 g/mol. The van der Waals surface area contributed by atoms with Gasteiger partial charge in [-0.1, -0.05) is 13.8 Å². The van der Waals surface area contributed by atoms with Crippen molar-refractivity contribution in [2.45, 2.75) is 33.7 Å². The third kappa shape index (κ3) is 5.04. The average Bonchev–Trinajstić information content (AvgIpc) is 2.46. The summed E-state index contributed by atoms with van der Waals surface area (Å²) in [7, 11) is 0. The Morgan fingerprint density at radius 3 is 1.86 bits per heavy atom. The number of carbonyl (C=O) groups is 2. The van der Waals surface area contributed by atoms with Gasteiger partial charge in [-0.25, -0.2) is 4.79 Å². The van der Waals surface area contributed by atoms with E-state index < -0.39 is 6.04 Å². The van der Waals surface area contributed by atoms with E-state index in [-0.39, 0.29) is 30.3 Å². The summed E-state index contributed by atoms with van der Waals surface area (Å²) in [6.45, 7) is 11.6. The van der Waals surface area contributed by atoms with Gasteiger partial charge in [0, 0.05) is 39.3 Å². The zero-order valence-electron chi connectivity index (χ0n) is 13.5. The van der Waals surface area contributed by atoms with E-state index in [0.717, 1.165) is 0 Å². The molecule has 6 nitrogen and oxygen atoms in total. The molecule has 0 bridgehead atoms. The molecule has 21 heavy (non-hydrogen) atoms. The van der Waals surface area contributed by atoms with E-state index in [1.807, 2.05) is 32.6 Å². The van der Waals surface area contributed by atoms with Crippen LogP contribution in [0.15, 0.2) is 0 Å². The van der Waals surface area contributed by atoms with Gasteiger partial charge in [-0.05, 0) is 19.8 Å². The molecule has 0 aromatic heterocycles. The monoisotopic (exact) mass is 320 g/mol. The molecule has 1 unspecified atom stereocenters. The molecule has 1 aliphatic rings. The number of piperazine rings is 1. The normalized spacial score (nSPS) is 16.5. The minimum Gasteiger partial charge on any atom is -0.338 e. The number of carbonyl (C=O) groups excluding carboxylic acids is 2. The minimum absolute atomic E-state index is 0. The van der Waals surface area contributed by atoms with Gasteiger partial charge in [0.25, 0.3) is 0 Å². The molecule has 3 amide bonds. The predicted octanol–water partition coefficient (Wildman–Crippen LogP) is 0.998. The van der Waals surface area contributed by atoms with Crippen molar-refractivity contribution in [3.63, 3.8) is 0 Å². The smallest absolute Gasteiger partial charge is 0.320 e. The maximum Gasteiger partial charge on any atom is 0.320 e. The number of nitrogens with two attached hydrogens (primary N) is 1. The van der Waals surface area contributed by atoms with Crippen molar-refractivity contribution in [1.82, 2.24) is 14.7 Å². The lowest BCUT2D eigenvalue weighted by atomic mass is 10.0. The lowest BCUT2D eigenvalue weighted by molar-refractivity contribution is -0.135. The Bertz CT molecular complexity index is 318. The molecule has 124 valence electrons. The minimum atomic E-state index is -0.444. The van der Waals surface area contributed by atoms with Gasteiger partial charge < -0.3 is 20.4 Å². The summed E-state index contributed by atoms with van der Waals surface area (Å²) in [5.41, 5.74) is 5.90. The van der Waals surface area contributed by atoms with Gasteiger partial charge in [0.2, 0.25) is 5.91 Å². The zero-order valence-corrected chi connectivity index (χ0v) is 14.4. The number of rotatable bonds is 4. The molecule has 0 aromatic rings. The maximum atomic E-state index is 12.2. The van der Waals surface area contributed by atoms with Gasteiger partial charge in [0.15, 0.2) is 0 Å². The van der Waals surface area contributed by atoms with E-state index in [2.05, 4.69) is 0 Å². The van der Waals surface area contributed by atoms with Crippen LogP contribution < -0.4 is 5.73 Å². The van der Waals surface area contributed by atoms with Crippen molar-refractivity contribution in [2.75, 3.05) is 39.3 Å². The van der Waals surface area contributed by atoms with E-state index in [0.29, 0.717) is 39.3 Å². The molecule has 1 fully saturated rings. The zero-order chi connectivity index (χ0) is 15.3. The van der Waals surface area contributed by atoms with E-state index in [9.17, 15) is 9.59 Å². The Morgan fingerprint density at radius 2 is 1.48 bits per heavy atom. The molecule has 7 heteroatoms. The number of urea groups is 1. The summed E-state index contributed by atoms with van der Waals surface area (Å²) in [5.74, 6) is 0.132. The van der Waals surface area contributed by atoms with Crippen molar-refractivity contribution in [1.29, 1.82) is 0 Å². The van der Waals surface area contributed by atoms with Gasteiger partial charge >= 0.3 is 6.03 Å². The Kier molecular flexibility index (Phi) is 8.66. The molecule has 0 saturated carbocycles. The summed E-state index contributed by atoms with van der Waals surface area (Å²) in [6, 6.07) is -0.379. The van der Waals surface area contributed by atoms with Crippen LogP contribution in [0.1, 0.15) is 27.7 Å². The van der Waals surface area contributed by atoms with Crippen LogP contribution in [0.3, 0.4) is 0 Å². The molecule has 0 aliphatic carbocycles. The summed E-state index contributed by atoms with van der Waals surface area (Å²) in [6.07, 6.45) is 0. The lowest BCUT2D eigenvalue weighted by Crippen LogP contribution is -2.57. The highest BCUT2D eigenvalue weighted by Gasteiger charge is 2.29. The summed E-state index contributed by atoms with van der Waals surface area (Å²) in [5, 5.41) is 0. The second-order valence-electron chi connectivity index (χ2n) is 5.54. The van der Waals surface area contributed by atoms with Gasteiger partial charge in [-0.2, -0.15) is 0 Å². The van der Waals surface area contributed by atoms with E-state index >= 15 is 0 Å². The highest BCUT2D eigenvalue weighted by Crippen LogP contribution is 2.09. The molecule has 0 spiro atoms. The fourth-order valence-electron chi connectivity index (χ4n) is 2.31. The second kappa shape index (κ2) is 9.10. The first-order valence-electron chi connectivity index (χ1n) is 7.50.